The Hall–Kier alpha value is -5.20. The van der Waals surface area contributed by atoms with E-state index in [1.54, 1.807) is 0 Å². The van der Waals surface area contributed by atoms with Crippen LogP contribution in [-0.4, -0.2) is 0 Å². The van der Waals surface area contributed by atoms with E-state index in [0.29, 0.717) is 0 Å². The van der Waals surface area contributed by atoms with Crippen LogP contribution in [0.1, 0.15) is 11.1 Å². The van der Waals surface area contributed by atoms with Gasteiger partial charge in [0.05, 0.1) is 0 Å². The first-order valence-electron chi connectivity index (χ1n) is 14.9. The molecule has 0 N–H and O–H groups in total. The molecule has 10 rings (SSSR count). The molecule has 0 unspecified atom stereocenters. The lowest BCUT2D eigenvalue weighted by atomic mass is 9.89. The molecule has 0 aromatic heterocycles. The quantitative estimate of drug-likeness (QED) is 0.146. The van der Waals surface area contributed by atoms with Crippen molar-refractivity contribution in [2.45, 2.75) is 13.8 Å². The van der Waals surface area contributed by atoms with E-state index in [-0.39, 0.29) is 0 Å². The fourth-order valence-corrected chi connectivity index (χ4v) is 8.10. The molecule has 0 atom stereocenters. The van der Waals surface area contributed by atoms with Gasteiger partial charge in [0.2, 0.25) is 0 Å². The van der Waals surface area contributed by atoms with Crippen molar-refractivity contribution in [1.29, 1.82) is 0 Å². The Morgan fingerprint density at radius 3 is 1.64 bits per heavy atom. The zero-order valence-electron chi connectivity index (χ0n) is 23.5. The fourth-order valence-electron chi connectivity index (χ4n) is 8.10. The molecular weight excluding hydrogens is 504 g/mol. The third-order valence-corrected chi connectivity index (χ3v) is 9.72. The molecule has 194 valence electrons. The van der Waals surface area contributed by atoms with Crippen molar-refractivity contribution in [2.24, 2.45) is 0 Å². The summed E-state index contributed by atoms with van der Waals surface area (Å²) in [6.07, 6.45) is 0. The highest BCUT2D eigenvalue weighted by molar-refractivity contribution is 6.40. The Kier molecular flexibility index (Phi) is 4.15. The van der Waals surface area contributed by atoms with Gasteiger partial charge in [-0.2, -0.15) is 0 Å². The van der Waals surface area contributed by atoms with Crippen molar-refractivity contribution in [3.05, 3.63) is 132 Å². The predicted octanol–water partition coefficient (Wildman–Crippen LogP) is 12.1. The molecule has 0 aliphatic rings. The zero-order chi connectivity index (χ0) is 27.7. The molecule has 0 aliphatic heterocycles. The van der Waals surface area contributed by atoms with Crippen LogP contribution in [-0.2, 0) is 0 Å². The Morgan fingerprint density at radius 2 is 0.881 bits per heavy atom. The van der Waals surface area contributed by atoms with Gasteiger partial charge >= 0.3 is 0 Å². The highest BCUT2D eigenvalue weighted by Crippen LogP contribution is 2.48. The lowest BCUT2D eigenvalue weighted by molar-refractivity contribution is 1.50. The molecular formula is C42H26. The summed E-state index contributed by atoms with van der Waals surface area (Å²) >= 11 is 0. The monoisotopic (exact) mass is 530 g/mol. The van der Waals surface area contributed by atoms with Crippen molar-refractivity contribution < 1.29 is 0 Å². The first kappa shape index (κ1) is 22.5. The maximum atomic E-state index is 2.51. The lowest BCUT2D eigenvalue weighted by Crippen LogP contribution is -1.87. The lowest BCUT2D eigenvalue weighted by Gasteiger charge is -2.14. The van der Waals surface area contributed by atoms with Crippen LogP contribution in [0.5, 0.6) is 0 Å². The molecule has 10 aromatic rings. The Morgan fingerprint density at radius 1 is 0.310 bits per heavy atom. The van der Waals surface area contributed by atoms with E-state index in [9.17, 15) is 0 Å². The SMILES string of the molecule is Cc1cc2cc(C)cc3c4cc5c(cc4c(c1)c23)c(-c1ccccc1)cc1c5cc2cccc3c4ccccc4c1c23. The Bertz CT molecular complexity index is 2720. The number of benzene rings is 8. The Balaban J connectivity index is 1.51. The topological polar surface area (TPSA) is 0 Å². The molecule has 0 radical (unpaired) electrons. The van der Waals surface area contributed by atoms with Gasteiger partial charge in [0.1, 0.15) is 0 Å². The number of hydrogen-bond donors (Lipinski definition) is 0. The summed E-state index contributed by atoms with van der Waals surface area (Å²) in [5, 5.41) is 21.6. The molecule has 0 aliphatic carbocycles. The third-order valence-electron chi connectivity index (χ3n) is 9.72. The highest BCUT2D eigenvalue weighted by atomic mass is 14.2. The van der Waals surface area contributed by atoms with E-state index >= 15 is 0 Å². The predicted molar refractivity (Wildman–Crippen MR) is 184 cm³/mol. The molecule has 0 heterocycles. The van der Waals surface area contributed by atoms with Gasteiger partial charge in [-0.15, -0.1) is 0 Å². The van der Waals surface area contributed by atoms with E-state index in [2.05, 4.69) is 135 Å². The van der Waals surface area contributed by atoms with Crippen LogP contribution in [0.4, 0.5) is 0 Å². The van der Waals surface area contributed by atoms with Crippen LogP contribution in [0.25, 0.3) is 97.3 Å². The maximum absolute atomic E-state index is 2.51. The smallest absolute Gasteiger partial charge is 0.00139 e. The van der Waals surface area contributed by atoms with Crippen molar-refractivity contribution in [1.82, 2.24) is 0 Å². The minimum Gasteiger partial charge on any atom is -0.0622 e. The summed E-state index contributed by atoms with van der Waals surface area (Å²) in [5.41, 5.74) is 5.19. The van der Waals surface area contributed by atoms with Crippen LogP contribution >= 0.6 is 0 Å². The van der Waals surface area contributed by atoms with Gasteiger partial charge in [0, 0.05) is 0 Å². The van der Waals surface area contributed by atoms with Gasteiger partial charge in [0.25, 0.3) is 0 Å². The summed E-state index contributed by atoms with van der Waals surface area (Å²) in [6.45, 7) is 4.45. The first-order chi connectivity index (χ1) is 20.6. The molecule has 0 saturated heterocycles. The maximum Gasteiger partial charge on any atom is -0.00139 e. The van der Waals surface area contributed by atoms with Crippen molar-refractivity contribution in [2.75, 3.05) is 0 Å². The zero-order valence-corrected chi connectivity index (χ0v) is 23.5. The van der Waals surface area contributed by atoms with E-state index in [1.807, 2.05) is 0 Å². The van der Waals surface area contributed by atoms with Gasteiger partial charge < -0.3 is 0 Å². The average molecular weight is 531 g/mol. The number of hydrogen-bond acceptors (Lipinski definition) is 0. The van der Waals surface area contributed by atoms with Gasteiger partial charge in [-0.25, -0.2) is 0 Å². The molecule has 0 spiro atoms. The van der Waals surface area contributed by atoms with E-state index < -0.39 is 0 Å². The molecule has 0 bridgehead atoms. The molecule has 42 heavy (non-hydrogen) atoms. The van der Waals surface area contributed by atoms with E-state index in [0.717, 1.165) is 0 Å². The van der Waals surface area contributed by atoms with Gasteiger partial charge in [-0.3, -0.25) is 0 Å². The van der Waals surface area contributed by atoms with Crippen LogP contribution in [0.2, 0.25) is 0 Å². The second kappa shape index (κ2) is 7.75. The largest absolute Gasteiger partial charge is 0.0622 e. The summed E-state index contributed by atoms with van der Waals surface area (Å²) < 4.78 is 0. The summed E-state index contributed by atoms with van der Waals surface area (Å²) in [7, 11) is 0. The Labute approximate surface area is 243 Å². The van der Waals surface area contributed by atoms with Crippen molar-refractivity contribution >= 4 is 86.2 Å². The van der Waals surface area contributed by atoms with Gasteiger partial charge in [-0.05, 0) is 147 Å². The third kappa shape index (κ3) is 2.77. The van der Waals surface area contributed by atoms with Crippen LogP contribution in [0.3, 0.4) is 0 Å². The number of rotatable bonds is 1. The van der Waals surface area contributed by atoms with Crippen molar-refractivity contribution in [3.8, 4) is 11.1 Å². The fraction of sp³-hybridized carbons (Fsp3) is 0.0476. The number of fused-ring (bicyclic) bond motifs is 10. The highest BCUT2D eigenvalue weighted by Gasteiger charge is 2.20. The molecule has 0 heteroatoms. The minimum absolute atomic E-state index is 1.26. The van der Waals surface area contributed by atoms with Gasteiger partial charge in [0.15, 0.2) is 0 Å². The molecule has 0 amide bonds. The van der Waals surface area contributed by atoms with E-state index in [1.165, 1.54) is 108 Å². The minimum atomic E-state index is 1.26. The normalized spacial score (nSPS) is 12.5. The van der Waals surface area contributed by atoms with Crippen LogP contribution < -0.4 is 0 Å². The van der Waals surface area contributed by atoms with E-state index in [4.69, 9.17) is 0 Å². The summed E-state index contributed by atoms with van der Waals surface area (Å²) in [5.74, 6) is 0. The first-order valence-corrected chi connectivity index (χ1v) is 14.9. The van der Waals surface area contributed by atoms with Gasteiger partial charge in [-0.1, -0.05) is 97.1 Å². The molecule has 0 saturated carbocycles. The van der Waals surface area contributed by atoms with Crippen molar-refractivity contribution in [3.63, 3.8) is 0 Å². The summed E-state index contributed by atoms with van der Waals surface area (Å²) in [4.78, 5) is 0. The molecule has 0 nitrogen and oxygen atoms in total. The second-order valence-corrected chi connectivity index (χ2v) is 12.3. The standard InChI is InChI=1S/C42H26/c1-23-15-27-16-24(2)18-38-36-22-34-32-19-26-11-8-14-29-28-12-6-7-13-30(28)42(41(26)29)39(32)20-31(25-9-4-3-5-10-25)33(34)21-35(36)37(17-23)40(27)38/h3-22H,1-2H3. The summed E-state index contributed by atoms with van der Waals surface area (Å²) in [6, 6.07) is 46.1. The average Bonchev–Trinajstić information content (AvgIpc) is 3.51. The second-order valence-electron chi connectivity index (χ2n) is 12.3. The number of aryl methyl sites for hydroxylation is 2. The van der Waals surface area contributed by atoms with Crippen LogP contribution in [0, 0.1) is 13.8 Å². The molecule has 0 fully saturated rings. The molecule has 10 aromatic carbocycles. The van der Waals surface area contributed by atoms with Crippen LogP contribution in [0.15, 0.2) is 121 Å².